The normalized spacial score (nSPS) is 13.7. The van der Waals surface area contributed by atoms with E-state index in [4.69, 9.17) is 0 Å². The molecular weight excluding hydrogens is 348 g/mol. The monoisotopic (exact) mass is 362 g/mol. The molecule has 0 atom stereocenters. The van der Waals surface area contributed by atoms with Crippen LogP contribution in [0.25, 0.3) is 0 Å². The van der Waals surface area contributed by atoms with E-state index in [0.29, 0.717) is 17.3 Å². The molecule has 22 heavy (non-hydrogen) atoms. The van der Waals surface area contributed by atoms with Gasteiger partial charge in [-0.3, -0.25) is 14.3 Å². The van der Waals surface area contributed by atoms with E-state index in [1.54, 1.807) is 24.4 Å². The maximum Gasteiger partial charge on any atom is 0.256 e. The summed E-state index contributed by atoms with van der Waals surface area (Å²) in [5.41, 5.74) is 1.10. The molecule has 114 valence electrons. The van der Waals surface area contributed by atoms with E-state index in [1.165, 1.54) is 10.9 Å². The highest BCUT2D eigenvalue weighted by molar-refractivity contribution is 9.10. The second-order valence-electron chi connectivity index (χ2n) is 5.20. The molecule has 0 bridgehead atoms. The average Bonchev–Trinajstić information content (AvgIpc) is 3.18. The molecule has 0 saturated heterocycles. The van der Waals surface area contributed by atoms with Crippen LogP contribution in [-0.4, -0.2) is 27.6 Å². The van der Waals surface area contributed by atoms with E-state index < -0.39 is 0 Å². The fraction of sp³-hybridized carbons (Fsp3) is 0.267. The Balaban J connectivity index is 1.60. The maximum atomic E-state index is 12.2. The summed E-state index contributed by atoms with van der Waals surface area (Å²) in [4.78, 5) is 23.9. The zero-order valence-electron chi connectivity index (χ0n) is 11.8. The highest BCUT2D eigenvalue weighted by Crippen LogP contribution is 2.19. The number of nitrogens with zero attached hydrogens (tertiary/aromatic N) is 2. The minimum atomic E-state index is -0.227. The minimum Gasteiger partial charge on any atom is -0.352 e. The van der Waals surface area contributed by atoms with E-state index in [-0.39, 0.29) is 18.4 Å². The molecule has 2 N–H and O–H groups in total. The summed E-state index contributed by atoms with van der Waals surface area (Å²) in [5.74, 6) is -0.288. The van der Waals surface area contributed by atoms with Gasteiger partial charge in [0.2, 0.25) is 5.91 Å². The molecule has 0 radical (unpaired) electrons. The Labute approximate surface area is 136 Å². The summed E-state index contributed by atoms with van der Waals surface area (Å²) in [6.45, 7) is 0.154. The molecule has 6 nitrogen and oxygen atoms in total. The van der Waals surface area contributed by atoms with E-state index in [2.05, 4.69) is 31.7 Å². The second kappa shape index (κ2) is 6.31. The van der Waals surface area contributed by atoms with Gasteiger partial charge in [0.1, 0.15) is 6.54 Å². The molecular formula is C15H15BrN4O2. The van der Waals surface area contributed by atoms with Crippen LogP contribution in [0.3, 0.4) is 0 Å². The van der Waals surface area contributed by atoms with Gasteiger partial charge in [0.15, 0.2) is 0 Å². The Hall–Kier alpha value is -2.15. The summed E-state index contributed by atoms with van der Waals surface area (Å²) in [7, 11) is 0. The lowest BCUT2D eigenvalue weighted by atomic mass is 10.2. The molecule has 0 unspecified atom stereocenters. The third kappa shape index (κ3) is 3.73. The van der Waals surface area contributed by atoms with Gasteiger partial charge in [-0.15, -0.1) is 0 Å². The summed E-state index contributed by atoms with van der Waals surface area (Å²) in [5, 5.41) is 9.74. The fourth-order valence-corrected chi connectivity index (χ4v) is 2.47. The first kappa shape index (κ1) is 14.8. The SMILES string of the molecule is O=C(Cn1cc(NC(=O)c2ccccc2Br)cn1)NC1CC1. The number of halogens is 1. The van der Waals surface area contributed by atoms with Gasteiger partial charge >= 0.3 is 0 Å². The van der Waals surface area contributed by atoms with Gasteiger partial charge in [-0.05, 0) is 40.9 Å². The number of rotatable bonds is 5. The zero-order chi connectivity index (χ0) is 15.5. The molecule has 1 heterocycles. The maximum absolute atomic E-state index is 12.2. The first-order valence-corrected chi connectivity index (χ1v) is 7.79. The number of hydrogen-bond acceptors (Lipinski definition) is 3. The lowest BCUT2D eigenvalue weighted by Gasteiger charge is -2.04. The first-order valence-electron chi connectivity index (χ1n) is 6.99. The van der Waals surface area contributed by atoms with Crippen molar-refractivity contribution >= 4 is 33.4 Å². The van der Waals surface area contributed by atoms with Crippen LogP contribution in [-0.2, 0) is 11.3 Å². The topological polar surface area (TPSA) is 76.0 Å². The van der Waals surface area contributed by atoms with Crippen LogP contribution in [0.5, 0.6) is 0 Å². The van der Waals surface area contributed by atoms with Gasteiger partial charge in [0, 0.05) is 16.7 Å². The Kier molecular flexibility index (Phi) is 4.24. The molecule has 0 spiro atoms. The minimum absolute atomic E-state index is 0.0609. The zero-order valence-corrected chi connectivity index (χ0v) is 13.3. The van der Waals surface area contributed by atoms with Gasteiger partial charge in [-0.1, -0.05) is 12.1 Å². The van der Waals surface area contributed by atoms with Crippen molar-refractivity contribution in [2.45, 2.75) is 25.4 Å². The predicted molar refractivity (Wildman–Crippen MR) is 85.5 cm³/mol. The summed E-state index contributed by atoms with van der Waals surface area (Å²) >= 11 is 3.34. The summed E-state index contributed by atoms with van der Waals surface area (Å²) < 4.78 is 2.23. The molecule has 7 heteroatoms. The van der Waals surface area contributed by atoms with Gasteiger partial charge in [0.05, 0.1) is 17.4 Å². The van der Waals surface area contributed by atoms with Crippen LogP contribution in [0.4, 0.5) is 5.69 Å². The van der Waals surface area contributed by atoms with Crippen LogP contribution >= 0.6 is 15.9 Å². The fourth-order valence-electron chi connectivity index (χ4n) is 2.01. The number of nitrogens with one attached hydrogen (secondary N) is 2. The summed E-state index contributed by atoms with van der Waals surface area (Å²) in [6, 6.07) is 7.51. The average molecular weight is 363 g/mol. The van der Waals surface area contributed by atoms with E-state index in [0.717, 1.165) is 17.3 Å². The molecule has 2 aromatic rings. The number of hydrogen-bond donors (Lipinski definition) is 2. The van der Waals surface area contributed by atoms with Crippen molar-refractivity contribution in [2.75, 3.05) is 5.32 Å². The Morgan fingerprint density at radius 3 is 2.82 bits per heavy atom. The lowest BCUT2D eigenvalue weighted by molar-refractivity contribution is -0.122. The van der Waals surface area contributed by atoms with E-state index >= 15 is 0 Å². The van der Waals surface area contributed by atoms with Gasteiger partial charge in [-0.25, -0.2) is 0 Å². The summed E-state index contributed by atoms with van der Waals surface area (Å²) in [6.07, 6.45) is 5.27. The molecule has 2 amide bonds. The second-order valence-corrected chi connectivity index (χ2v) is 6.06. The molecule has 1 aliphatic rings. The van der Waals surface area contributed by atoms with Crippen molar-refractivity contribution in [1.82, 2.24) is 15.1 Å². The predicted octanol–water partition coefficient (Wildman–Crippen LogP) is 2.18. The molecule has 1 aliphatic carbocycles. The Morgan fingerprint density at radius 2 is 2.09 bits per heavy atom. The van der Waals surface area contributed by atoms with Crippen molar-refractivity contribution in [1.29, 1.82) is 0 Å². The third-order valence-electron chi connectivity index (χ3n) is 3.26. The van der Waals surface area contributed by atoms with Crippen LogP contribution in [0, 0.1) is 0 Å². The molecule has 1 aromatic carbocycles. The highest BCUT2D eigenvalue weighted by atomic mass is 79.9. The van der Waals surface area contributed by atoms with Gasteiger partial charge in [0.25, 0.3) is 5.91 Å². The number of amides is 2. The van der Waals surface area contributed by atoms with Gasteiger partial charge < -0.3 is 10.6 Å². The number of anilines is 1. The smallest absolute Gasteiger partial charge is 0.256 e. The van der Waals surface area contributed by atoms with Crippen LogP contribution in [0.15, 0.2) is 41.1 Å². The molecule has 1 aromatic heterocycles. The van der Waals surface area contributed by atoms with Crippen LogP contribution in [0.2, 0.25) is 0 Å². The number of aromatic nitrogens is 2. The quantitative estimate of drug-likeness (QED) is 0.855. The number of carbonyl (C=O) groups is 2. The standard InChI is InChI=1S/C15H15BrN4O2/c16-13-4-2-1-3-12(13)15(22)19-11-7-17-20(8-11)9-14(21)18-10-5-6-10/h1-4,7-8,10H,5-6,9H2,(H,18,21)(H,19,22). The third-order valence-corrected chi connectivity index (χ3v) is 3.95. The van der Waals surface area contributed by atoms with E-state index in [9.17, 15) is 9.59 Å². The molecule has 1 saturated carbocycles. The van der Waals surface area contributed by atoms with E-state index in [1.807, 2.05) is 6.07 Å². The van der Waals surface area contributed by atoms with Crippen molar-refractivity contribution in [3.8, 4) is 0 Å². The van der Waals surface area contributed by atoms with Gasteiger partial charge in [-0.2, -0.15) is 5.10 Å². The Bertz CT molecular complexity index is 709. The van der Waals surface area contributed by atoms with Crippen LogP contribution < -0.4 is 10.6 Å². The molecule has 0 aliphatic heterocycles. The Morgan fingerprint density at radius 1 is 1.32 bits per heavy atom. The molecule has 1 fully saturated rings. The number of benzene rings is 1. The van der Waals surface area contributed by atoms with Crippen LogP contribution in [0.1, 0.15) is 23.2 Å². The van der Waals surface area contributed by atoms with Crippen molar-refractivity contribution < 1.29 is 9.59 Å². The highest BCUT2D eigenvalue weighted by Gasteiger charge is 2.23. The van der Waals surface area contributed by atoms with Crippen molar-refractivity contribution in [2.24, 2.45) is 0 Å². The van der Waals surface area contributed by atoms with Crippen molar-refractivity contribution in [3.05, 3.63) is 46.7 Å². The largest absolute Gasteiger partial charge is 0.352 e. The number of carbonyl (C=O) groups excluding carboxylic acids is 2. The first-order chi connectivity index (χ1) is 10.6. The van der Waals surface area contributed by atoms with Crippen molar-refractivity contribution in [3.63, 3.8) is 0 Å². The lowest BCUT2D eigenvalue weighted by Crippen LogP contribution is -2.29. The molecule has 3 rings (SSSR count).